The van der Waals surface area contributed by atoms with Gasteiger partial charge in [-0.1, -0.05) is 43.0 Å². The lowest BCUT2D eigenvalue weighted by atomic mass is 9.77. The lowest BCUT2D eigenvalue weighted by Crippen LogP contribution is -2.30. The molecule has 0 bridgehead atoms. The average Bonchev–Trinajstić information content (AvgIpc) is 3.14. The molecule has 0 spiro atoms. The number of nitrogens with zero attached hydrogens (tertiary/aromatic N) is 2. The number of ketones is 1. The molecule has 2 aliphatic rings. The van der Waals surface area contributed by atoms with Gasteiger partial charge < -0.3 is 9.67 Å². The molecule has 3 aromatic rings. The molecule has 0 atom stereocenters. The summed E-state index contributed by atoms with van der Waals surface area (Å²) in [4.78, 5) is 13.3. The van der Waals surface area contributed by atoms with Crippen LogP contribution in [0.1, 0.15) is 30.7 Å². The maximum absolute atomic E-state index is 13.3. The fourth-order valence-corrected chi connectivity index (χ4v) is 5.13. The highest BCUT2D eigenvalue weighted by atomic mass is 16.3. The number of carbonyl (C=O) groups is 1. The Morgan fingerprint density at radius 1 is 1.10 bits per heavy atom. The highest BCUT2D eigenvalue weighted by Gasteiger charge is 2.45. The van der Waals surface area contributed by atoms with Gasteiger partial charge in [-0.15, -0.1) is 0 Å². The van der Waals surface area contributed by atoms with E-state index < -0.39 is 0 Å². The third kappa shape index (κ3) is 2.42. The van der Waals surface area contributed by atoms with E-state index in [0.29, 0.717) is 11.1 Å². The molecule has 0 amide bonds. The zero-order valence-electron chi connectivity index (χ0n) is 18.2. The first-order valence-corrected chi connectivity index (χ1v) is 10.4. The minimum atomic E-state index is -0.260. The molecule has 2 heterocycles. The normalized spacial score (nSPS) is 18.7. The standard InChI is InChI=1S/C27H24N2O2/c1-6-29-16(2)23(17-11-7-9-13-20(17)29)24-25(30)18(26(24)31)15-22-27(3,4)19-12-8-10-14-21(19)28(22)5/h6-15H,1H2,2-5H3/p+1. The molecule has 0 saturated heterocycles. The van der Waals surface area contributed by atoms with E-state index in [-0.39, 0.29) is 17.0 Å². The van der Waals surface area contributed by atoms with E-state index in [0.717, 1.165) is 33.6 Å². The molecule has 0 radical (unpaired) electrons. The maximum atomic E-state index is 13.3. The van der Waals surface area contributed by atoms with Crippen molar-refractivity contribution in [3.63, 3.8) is 0 Å². The SMILES string of the molecule is C=Cn1c(C)c(C2=C(O)/C(=C/C3=[N+](C)c4ccccc4C3(C)C)C2=O)c2ccccc21. The number of aliphatic hydroxyl groups excluding tert-OH is 1. The van der Waals surface area contributed by atoms with E-state index in [2.05, 4.69) is 37.1 Å². The third-order valence-electron chi connectivity index (χ3n) is 6.77. The van der Waals surface area contributed by atoms with Crippen molar-refractivity contribution in [3.8, 4) is 0 Å². The van der Waals surface area contributed by atoms with Crippen LogP contribution < -0.4 is 0 Å². The minimum absolute atomic E-state index is 0.0627. The molecule has 0 unspecified atom stereocenters. The Bertz CT molecular complexity index is 1410. The monoisotopic (exact) mass is 409 g/mol. The molecular weight excluding hydrogens is 384 g/mol. The summed E-state index contributed by atoms with van der Waals surface area (Å²) < 4.78 is 4.06. The number of hydrogen-bond donors (Lipinski definition) is 1. The van der Waals surface area contributed by atoms with Gasteiger partial charge in [0.2, 0.25) is 11.5 Å². The topological polar surface area (TPSA) is 45.2 Å². The molecule has 4 heteroatoms. The van der Waals surface area contributed by atoms with E-state index in [9.17, 15) is 9.90 Å². The molecular formula is C27H25N2O2+. The Morgan fingerprint density at radius 2 is 1.77 bits per heavy atom. The second kappa shape index (κ2) is 6.42. The van der Waals surface area contributed by atoms with E-state index in [1.54, 1.807) is 6.20 Å². The van der Waals surface area contributed by atoms with E-state index in [1.807, 2.05) is 61.0 Å². The summed E-state index contributed by atoms with van der Waals surface area (Å²) >= 11 is 0. The van der Waals surface area contributed by atoms with Crippen molar-refractivity contribution in [1.82, 2.24) is 4.57 Å². The highest BCUT2D eigenvalue weighted by Crippen LogP contribution is 2.44. The predicted molar refractivity (Wildman–Crippen MR) is 126 cm³/mol. The number of aliphatic hydroxyl groups is 1. The van der Waals surface area contributed by atoms with Gasteiger partial charge in [-0.25, -0.2) is 0 Å². The van der Waals surface area contributed by atoms with Gasteiger partial charge in [-0.3, -0.25) is 4.79 Å². The highest BCUT2D eigenvalue weighted by molar-refractivity contribution is 6.41. The molecule has 5 rings (SSSR count). The van der Waals surface area contributed by atoms with Gasteiger partial charge in [0.05, 0.1) is 22.1 Å². The first-order chi connectivity index (χ1) is 14.8. The van der Waals surface area contributed by atoms with Crippen LogP contribution in [0.3, 0.4) is 0 Å². The summed E-state index contributed by atoms with van der Waals surface area (Å²) in [6, 6.07) is 16.1. The van der Waals surface area contributed by atoms with Gasteiger partial charge in [0, 0.05) is 40.5 Å². The van der Waals surface area contributed by atoms with Crippen LogP contribution in [0.25, 0.3) is 22.7 Å². The van der Waals surface area contributed by atoms with Crippen molar-refractivity contribution in [3.05, 3.63) is 89.3 Å². The summed E-state index contributed by atoms with van der Waals surface area (Å²) in [5.41, 5.74) is 6.47. The number of hydrogen-bond acceptors (Lipinski definition) is 2. The molecule has 1 aliphatic carbocycles. The van der Waals surface area contributed by atoms with Crippen molar-refractivity contribution in [2.45, 2.75) is 26.2 Å². The molecule has 1 aromatic heterocycles. The van der Waals surface area contributed by atoms with Gasteiger partial charge >= 0.3 is 0 Å². The number of rotatable bonds is 3. The zero-order chi connectivity index (χ0) is 22.1. The van der Waals surface area contributed by atoms with Crippen molar-refractivity contribution in [1.29, 1.82) is 0 Å². The molecule has 31 heavy (non-hydrogen) atoms. The quantitative estimate of drug-likeness (QED) is 0.456. The summed E-state index contributed by atoms with van der Waals surface area (Å²) in [6.07, 6.45) is 3.59. The Kier molecular flexibility index (Phi) is 4.00. The fourth-order valence-electron chi connectivity index (χ4n) is 5.13. The Hall–Kier alpha value is -3.66. The summed E-state index contributed by atoms with van der Waals surface area (Å²) in [5.74, 6) is -0.0621. The second-order valence-electron chi connectivity index (χ2n) is 8.73. The molecule has 0 saturated carbocycles. The molecule has 1 aliphatic heterocycles. The van der Waals surface area contributed by atoms with Crippen LogP contribution in [0, 0.1) is 6.92 Å². The first-order valence-electron chi connectivity index (χ1n) is 10.4. The fraction of sp³-hybridized carbons (Fsp3) is 0.185. The molecule has 0 fully saturated rings. The second-order valence-corrected chi connectivity index (χ2v) is 8.73. The summed E-state index contributed by atoms with van der Waals surface area (Å²) in [6.45, 7) is 10.1. The maximum Gasteiger partial charge on any atom is 0.209 e. The van der Waals surface area contributed by atoms with Gasteiger partial charge in [0.25, 0.3) is 0 Å². The largest absolute Gasteiger partial charge is 0.506 e. The first kappa shape index (κ1) is 19.3. The number of aromatic nitrogens is 1. The molecule has 4 nitrogen and oxygen atoms in total. The van der Waals surface area contributed by atoms with Gasteiger partial charge in [-0.2, -0.15) is 4.58 Å². The van der Waals surface area contributed by atoms with E-state index >= 15 is 0 Å². The zero-order valence-corrected chi connectivity index (χ0v) is 18.2. The van der Waals surface area contributed by atoms with Crippen LogP contribution in [0.5, 0.6) is 0 Å². The predicted octanol–water partition coefficient (Wildman–Crippen LogP) is 5.53. The number of fused-ring (bicyclic) bond motifs is 2. The number of carbonyl (C=O) groups excluding carboxylic acids is 1. The van der Waals surface area contributed by atoms with E-state index in [4.69, 9.17) is 0 Å². The van der Waals surface area contributed by atoms with Crippen molar-refractivity contribution in [2.24, 2.45) is 0 Å². The molecule has 1 N–H and O–H groups in total. The average molecular weight is 410 g/mol. The van der Waals surface area contributed by atoms with Crippen molar-refractivity contribution < 1.29 is 14.5 Å². The van der Waals surface area contributed by atoms with Crippen molar-refractivity contribution in [2.75, 3.05) is 7.05 Å². The van der Waals surface area contributed by atoms with Crippen molar-refractivity contribution >= 4 is 39.9 Å². The number of allylic oxidation sites excluding steroid dienone is 3. The molecule has 2 aromatic carbocycles. The molecule has 154 valence electrons. The Balaban J connectivity index is 1.67. The van der Waals surface area contributed by atoms with Crippen LogP contribution in [0.4, 0.5) is 5.69 Å². The number of Topliss-reactive ketones (excluding diaryl/α,β-unsaturated/α-hetero) is 1. The van der Waals surface area contributed by atoms with E-state index in [1.165, 1.54) is 5.56 Å². The lowest BCUT2D eigenvalue weighted by Gasteiger charge is -2.23. The van der Waals surface area contributed by atoms with Gasteiger partial charge in [-0.05, 0) is 26.8 Å². The van der Waals surface area contributed by atoms with Crippen LogP contribution >= 0.6 is 0 Å². The minimum Gasteiger partial charge on any atom is -0.506 e. The van der Waals surface area contributed by atoms with Crippen LogP contribution in [0.15, 0.2) is 72.5 Å². The van der Waals surface area contributed by atoms with Gasteiger partial charge in [0.1, 0.15) is 12.8 Å². The number of para-hydroxylation sites is 2. The lowest BCUT2D eigenvalue weighted by molar-refractivity contribution is -0.401. The summed E-state index contributed by atoms with van der Waals surface area (Å²) in [7, 11) is 2.01. The Morgan fingerprint density at radius 3 is 2.45 bits per heavy atom. The van der Waals surface area contributed by atoms with Crippen LogP contribution in [0.2, 0.25) is 0 Å². The van der Waals surface area contributed by atoms with Crippen LogP contribution in [-0.4, -0.2) is 32.8 Å². The smallest absolute Gasteiger partial charge is 0.209 e. The number of benzene rings is 2. The van der Waals surface area contributed by atoms with Crippen LogP contribution in [-0.2, 0) is 10.2 Å². The summed E-state index contributed by atoms with van der Waals surface area (Å²) in [5, 5.41) is 12.0. The third-order valence-corrected chi connectivity index (χ3v) is 6.77. The Labute approximate surface area is 181 Å². The van der Waals surface area contributed by atoms with Gasteiger partial charge in [0.15, 0.2) is 5.71 Å².